The summed E-state index contributed by atoms with van der Waals surface area (Å²) in [6, 6.07) is 9.05. The number of rotatable bonds is 6. The molecule has 0 amide bonds. The van der Waals surface area contributed by atoms with Gasteiger partial charge >= 0.3 is 0 Å². The van der Waals surface area contributed by atoms with Gasteiger partial charge in [0, 0.05) is 30.4 Å². The molecular weight excluding hydrogens is 254 g/mol. The Balaban J connectivity index is 2.08. The fraction of sp³-hybridized carbons (Fsp3) is 0.250. The fourth-order valence-electron chi connectivity index (χ4n) is 1.92. The Bertz CT molecular complexity index is 559. The lowest BCUT2D eigenvalue weighted by atomic mass is 10.0. The number of ketones is 1. The molecule has 1 aromatic heterocycles. The highest BCUT2D eigenvalue weighted by molar-refractivity contribution is 5.97. The standard InChI is InChI=1S/C16H17NO3/c1-19-14-9-13(10-15(11-14)20-2)16(18)4-3-12-5-7-17-8-6-12/h5-11H,3-4H2,1-2H3. The normalized spacial score (nSPS) is 10.1. The van der Waals surface area contributed by atoms with Crippen LogP contribution in [0.3, 0.4) is 0 Å². The molecule has 0 radical (unpaired) electrons. The van der Waals surface area contributed by atoms with Crippen molar-refractivity contribution in [2.45, 2.75) is 12.8 Å². The van der Waals surface area contributed by atoms with Crippen LogP contribution >= 0.6 is 0 Å². The minimum Gasteiger partial charge on any atom is -0.497 e. The average Bonchev–Trinajstić information content (AvgIpc) is 2.52. The number of benzene rings is 1. The molecule has 104 valence electrons. The molecule has 2 rings (SSSR count). The van der Waals surface area contributed by atoms with E-state index in [1.807, 2.05) is 12.1 Å². The Labute approximate surface area is 118 Å². The van der Waals surface area contributed by atoms with Crippen LogP contribution in [-0.2, 0) is 6.42 Å². The highest BCUT2D eigenvalue weighted by Gasteiger charge is 2.10. The first kappa shape index (κ1) is 14.1. The third kappa shape index (κ3) is 3.57. The van der Waals surface area contributed by atoms with Gasteiger partial charge in [-0.3, -0.25) is 9.78 Å². The lowest BCUT2D eigenvalue weighted by Crippen LogP contribution is -2.02. The maximum Gasteiger partial charge on any atom is 0.163 e. The van der Waals surface area contributed by atoms with Crippen LogP contribution in [0.15, 0.2) is 42.7 Å². The molecule has 4 nitrogen and oxygen atoms in total. The van der Waals surface area contributed by atoms with Crippen LogP contribution < -0.4 is 9.47 Å². The first-order valence-electron chi connectivity index (χ1n) is 6.38. The SMILES string of the molecule is COc1cc(OC)cc(C(=O)CCc2ccncc2)c1. The van der Waals surface area contributed by atoms with Crippen molar-refractivity contribution in [3.8, 4) is 11.5 Å². The zero-order valence-electron chi connectivity index (χ0n) is 11.6. The Kier molecular flexibility index (Phi) is 4.71. The number of carbonyl (C=O) groups is 1. The van der Waals surface area contributed by atoms with E-state index in [4.69, 9.17) is 9.47 Å². The maximum absolute atomic E-state index is 12.2. The molecule has 0 bridgehead atoms. The van der Waals surface area contributed by atoms with E-state index in [0.29, 0.717) is 29.9 Å². The van der Waals surface area contributed by atoms with Crippen LogP contribution in [0.25, 0.3) is 0 Å². The van der Waals surface area contributed by atoms with E-state index in [2.05, 4.69) is 4.98 Å². The molecule has 1 heterocycles. The van der Waals surface area contributed by atoms with E-state index in [1.54, 1.807) is 44.8 Å². The van der Waals surface area contributed by atoms with E-state index in [1.165, 1.54) is 0 Å². The highest BCUT2D eigenvalue weighted by Crippen LogP contribution is 2.23. The van der Waals surface area contributed by atoms with Gasteiger partial charge in [-0.2, -0.15) is 0 Å². The molecule has 4 heteroatoms. The summed E-state index contributed by atoms with van der Waals surface area (Å²) in [5.74, 6) is 1.31. The van der Waals surface area contributed by atoms with E-state index in [-0.39, 0.29) is 5.78 Å². The number of methoxy groups -OCH3 is 2. The molecule has 0 aliphatic rings. The van der Waals surface area contributed by atoms with E-state index < -0.39 is 0 Å². The van der Waals surface area contributed by atoms with Gasteiger partial charge in [0.05, 0.1) is 14.2 Å². The lowest BCUT2D eigenvalue weighted by molar-refractivity contribution is 0.0982. The summed E-state index contributed by atoms with van der Waals surface area (Å²) >= 11 is 0. The Morgan fingerprint density at radius 2 is 1.65 bits per heavy atom. The molecule has 1 aromatic carbocycles. The van der Waals surface area contributed by atoms with Crippen LogP contribution in [0.1, 0.15) is 22.3 Å². The topological polar surface area (TPSA) is 48.4 Å². The predicted molar refractivity (Wildman–Crippen MR) is 76.4 cm³/mol. The number of aromatic nitrogens is 1. The van der Waals surface area contributed by atoms with Gasteiger partial charge in [-0.25, -0.2) is 0 Å². The third-order valence-electron chi connectivity index (χ3n) is 3.06. The molecule has 0 aliphatic heterocycles. The zero-order valence-corrected chi connectivity index (χ0v) is 11.6. The highest BCUT2D eigenvalue weighted by atomic mass is 16.5. The van der Waals surface area contributed by atoms with Gasteiger partial charge in [0.1, 0.15) is 11.5 Å². The minimum atomic E-state index is 0.0685. The molecule has 0 spiro atoms. The second kappa shape index (κ2) is 6.70. The molecule has 0 fully saturated rings. The lowest BCUT2D eigenvalue weighted by Gasteiger charge is -2.08. The number of hydrogen-bond donors (Lipinski definition) is 0. The van der Waals surface area contributed by atoms with Gasteiger partial charge in [0.15, 0.2) is 5.78 Å². The first-order valence-corrected chi connectivity index (χ1v) is 6.38. The van der Waals surface area contributed by atoms with Crippen molar-refractivity contribution in [1.29, 1.82) is 0 Å². The van der Waals surface area contributed by atoms with Gasteiger partial charge in [-0.05, 0) is 36.2 Å². The first-order chi connectivity index (χ1) is 9.72. The average molecular weight is 271 g/mol. The second-order valence-electron chi connectivity index (χ2n) is 4.38. The smallest absolute Gasteiger partial charge is 0.163 e. The molecule has 0 atom stereocenters. The van der Waals surface area contributed by atoms with Gasteiger partial charge in [-0.1, -0.05) is 0 Å². The van der Waals surface area contributed by atoms with E-state index in [9.17, 15) is 4.79 Å². The van der Waals surface area contributed by atoms with Gasteiger partial charge in [0.25, 0.3) is 0 Å². The number of aryl methyl sites for hydroxylation is 1. The molecular formula is C16H17NO3. The number of carbonyl (C=O) groups excluding carboxylic acids is 1. The molecule has 2 aromatic rings. The largest absolute Gasteiger partial charge is 0.497 e. The van der Waals surface area contributed by atoms with Crippen LogP contribution in [-0.4, -0.2) is 25.0 Å². The van der Waals surface area contributed by atoms with Crippen molar-refractivity contribution in [2.24, 2.45) is 0 Å². The summed E-state index contributed by atoms with van der Waals surface area (Å²) in [7, 11) is 3.14. The Hall–Kier alpha value is -2.36. The van der Waals surface area contributed by atoms with Gasteiger partial charge in [-0.15, -0.1) is 0 Å². The predicted octanol–water partition coefficient (Wildman–Crippen LogP) is 2.91. The van der Waals surface area contributed by atoms with Crippen molar-refractivity contribution in [1.82, 2.24) is 4.98 Å². The van der Waals surface area contributed by atoms with Crippen LogP contribution in [0.5, 0.6) is 11.5 Å². The van der Waals surface area contributed by atoms with Gasteiger partial charge in [0.2, 0.25) is 0 Å². The van der Waals surface area contributed by atoms with Crippen LogP contribution in [0, 0.1) is 0 Å². The van der Waals surface area contributed by atoms with E-state index >= 15 is 0 Å². The summed E-state index contributed by atoms with van der Waals surface area (Å²) in [5, 5.41) is 0. The zero-order chi connectivity index (χ0) is 14.4. The Morgan fingerprint density at radius 1 is 1.05 bits per heavy atom. The maximum atomic E-state index is 12.2. The summed E-state index contributed by atoms with van der Waals surface area (Å²) in [4.78, 5) is 16.2. The second-order valence-corrected chi connectivity index (χ2v) is 4.38. The van der Waals surface area contributed by atoms with Gasteiger partial charge < -0.3 is 9.47 Å². The fourth-order valence-corrected chi connectivity index (χ4v) is 1.92. The van der Waals surface area contributed by atoms with Crippen LogP contribution in [0.2, 0.25) is 0 Å². The third-order valence-corrected chi connectivity index (χ3v) is 3.06. The van der Waals surface area contributed by atoms with Crippen molar-refractivity contribution >= 4 is 5.78 Å². The summed E-state index contributed by atoms with van der Waals surface area (Å²) < 4.78 is 10.3. The number of nitrogens with zero attached hydrogens (tertiary/aromatic N) is 1. The molecule has 0 unspecified atom stereocenters. The summed E-state index contributed by atoms with van der Waals surface area (Å²) in [6.45, 7) is 0. The molecule has 20 heavy (non-hydrogen) atoms. The quantitative estimate of drug-likeness (QED) is 0.758. The number of pyridine rings is 1. The number of ether oxygens (including phenoxy) is 2. The van der Waals surface area contributed by atoms with Crippen molar-refractivity contribution < 1.29 is 14.3 Å². The minimum absolute atomic E-state index is 0.0685. The van der Waals surface area contributed by atoms with Crippen LogP contribution in [0.4, 0.5) is 0 Å². The summed E-state index contributed by atoms with van der Waals surface area (Å²) in [6.07, 6.45) is 4.60. The molecule has 0 aliphatic carbocycles. The van der Waals surface area contributed by atoms with Crippen molar-refractivity contribution in [2.75, 3.05) is 14.2 Å². The van der Waals surface area contributed by atoms with E-state index in [0.717, 1.165) is 5.56 Å². The van der Waals surface area contributed by atoms with Crippen molar-refractivity contribution in [3.63, 3.8) is 0 Å². The van der Waals surface area contributed by atoms with Crippen molar-refractivity contribution in [3.05, 3.63) is 53.9 Å². The number of Topliss-reactive ketones (excluding diaryl/α,β-unsaturated/α-hetero) is 1. The molecule has 0 N–H and O–H groups in total. The molecule has 0 saturated carbocycles. The Morgan fingerprint density at radius 3 is 2.20 bits per heavy atom. The monoisotopic (exact) mass is 271 g/mol. The summed E-state index contributed by atoms with van der Waals surface area (Å²) in [5.41, 5.74) is 1.71. The molecule has 0 saturated heterocycles. The number of hydrogen-bond acceptors (Lipinski definition) is 4.